The van der Waals surface area contributed by atoms with Crippen LogP contribution in [0, 0.1) is 5.92 Å². The van der Waals surface area contributed by atoms with Crippen molar-refractivity contribution in [2.45, 2.75) is 25.3 Å². The van der Waals surface area contributed by atoms with Crippen LogP contribution in [0.4, 0.5) is 0 Å². The van der Waals surface area contributed by atoms with E-state index in [1.54, 1.807) is 0 Å². The molecule has 0 spiro atoms. The Bertz CT molecular complexity index is 275. The summed E-state index contributed by atoms with van der Waals surface area (Å²) in [5.74, 6) is 0.942. The largest absolute Gasteiger partial charge is 0.314 e. The molecule has 3 fully saturated rings. The van der Waals surface area contributed by atoms with Gasteiger partial charge in [0.25, 0.3) is 0 Å². The van der Waals surface area contributed by atoms with Gasteiger partial charge in [-0.1, -0.05) is 0 Å². The molecule has 0 aromatic heterocycles. The van der Waals surface area contributed by atoms with Crippen LogP contribution >= 0.6 is 0 Å². The summed E-state index contributed by atoms with van der Waals surface area (Å²) in [4.78, 5) is 7.69. The van der Waals surface area contributed by atoms with E-state index < -0.39 is 0 Å². The molecule has 0 aliphatic carbocycles. The highest BCUT2D eigenvalue weighted by Crippen LogP contribution is 2.26. The highest BCUT2D eigenvalue weighted by Gasteiger charge is 2.33. The van der Waals surface area contributed by atoms with Gasteiger partial charge in [0, 0.05) is 38.8 Å². The van der Waals surface area contributed by atoms with Crippen LogP contribution in [0.5, 0.6) is 0 Å². The Hall–Kier alpha value is -0.160. The van der Waals surface area contributed by atoms with Crippen LogP contribution in [0.25, 0.3) is 0 Å². The Morgan fingerprint density at radius 3 is 2.63 bits per heavy atom. The zero-order chi connectivity index (χ0) is 13.1. The van der Waals surface area contributed by atoms with Gasteiger partial charge in [0.1, 0.15) is 0 Å². The van der Waals surface area contributed by atoms with Gasteiger partial charge >= 0.3 is 0 Å². The highest BCUT2D eigenvalue weighted by molar-refractivity contribution is 4.90. The average Bonchev–Trinajstić information content (AvgIpc) is 2.81. The molecule has 3 saturated heterocycles. The lowest BCUT2D eigenvalue weighted by molar-refractivity contribution is 0.151. The quantitative estimate of drug-likeness (QED) is 0.723. The summed E-state index contributed by atoms with van der Waals surface area (Å²) in [6, 6.07) is 0.811. The number of hydrogen-bond acceptors (Lipinski definition) is 4. The second-order valence-electron chi connectivity index (χ2n) is 6.70. The first-order valence-electron chi connectivity index (χ1n) is 8.18. The third-order valence-corrected chi connectivity index (χ3v) is 5.29. The number of likely N-dealkylation sites (N-methyl/N-ethyl adjacent to an activating group) is 1. The molecule has 0 aromatic carbocycles. The number of fused-ring (bicyclic) bond motifs is 2. The minimum Gasteiger partial charge on any atom is -0.314 e. The molecule has 0 radical (unpaired) electrons. The summed E-state index contributed by atoms with van der Waals surface area (Å²) >= 11 is 0. The zero-order valence-corrected chi connectivity index (χ0v) is 12.5. The smallest absolute Gasteiger partial charge is 0.0120 e. The fraction of sp³-hybridized carbons (Fsp3) is 1.00. The molecule has 3 heterocycles. The zero-order valence-electron chi connectivity index (χ0n) is 12.5. The maximum Gasteiger partial charge on any atom is 0.0120 e. The van der Waals surface area contributed by atoms with Gasteiger partial charge in [0.2, 0.25) is 0 Å². The molecule has 2 bridgehead atoms. The van der Waals surface area contributed by atoms with Crippen molar-refractivity contribution >= 4 is 0 Å². The Kier molecular flexibility index (Phi) is 4.74. The fourth-order valence-electron chi connectivity index (χ4n) is 3.88. The molecule has 3 aliphatic rings. The summed E-state index contributed by atoms with van der Waals surface area (Å²) in [7, 11) is 2.23. The first-order chi connectivity index (χ1) is 9.31. The number of rotatable bonds is 5. The van der Waals surface area contributed by atoms with Crippen LogP contribution in [-0.2, 0) is 0 Å². The average molecular weight is 266 g/mol. The number of hydrogen-bond donors (Lipinski definition) is 1. The molecular formula is C15H30N4. The third-order valence-electron chi connectivity index (χ3n) is 5.29. The summed E-state index contributed by atoms with van der Waals surface area (Å²) in [6.07, 6.45) is 4.12. The second kappa shape index (κ2) is 6.53. The first-order valence-corrected chi connectivity index (χ1v) is 8.18. The first kappa shape index (κ1) is 13.8. The van der Waals surface area contributed by atoms with Crippen molar-refractivity contribution in [2.24, 2.45) is 5.92 Å². The molecule has 4 nitrogen and oxygen atoms in total. The van der Waals surface area contributed by atoms with Crippen LogP contribution in [0.3, 0.4) is 0 Å². The predicted octanol–water partition coefficient (Wildman–Crippen LogP) is 0.308. The van der Waals surface area contributed by atoms with Gasteiger partial charge in [-0.05, 0) is 58.4 Å². The SMILES string of the molecule is CN1CCN(CCCNC2CCN3CCC2C3)CC1. The Morgan fingerprint density at radius 1 is 1.00 bits per heavy atom. The lowest BCUT2D eigenvalue weighted by Crippen LogP contribution is -2.46. The molecule has 3 aliphatic heterocycles. The Balaban J connectivity index is 1.28. The minimum absolute atomic E-state index is 0.811. The molecule has 19 heavy (non-hydrogen) atoms. The van der Waals surface area contributed by atoms with Crippen molar-refractivity contribution in [1.82, 2.24) is 20.0 Å². The van der Waals surface area contributed by atoms with E-state index in [2.05, 4.69) is 27.1 Å². The van der Waals surface area contributed by atoms with Gasteiger partial charge in [0.05, 0.1) is 0 Å². The van der Waals surface area contributed by atoms with Gasteiger partial charge in [-0.2, -0.15) is 0 Å². The standard InChI is InChI=1S/C15H30N4/c1-17-9-11-18(12-10-17)6-2-5-16-15-4-8-19-7-3-14(15)13-19/h14-16H,2-13H2,1H3. The summed E-state index contributed by atoms with van der Waals surface area (Å²) in [5.41, 5.74) is 0. The molecular weight excluding hydrogens is 236 g/mol. The van der Waals surface area contributed by atoms with Gasteiger partial charge in [-0.15, -0.1) is 0 Å². The maximum absolute atomic E-state index is 3.83. The van der Waals surface area contributed by atoms with E-state index in [0.717, 1.165) is 12.0 Å². The van der Waals surface area contributed by atoms with Gasteiger partial charge in [-0.3, -0.25) is 0 Å². The lowest BCUT2D eigenvalue weighted by Gasteiger charge is -2.33. The monoisotopic (exact) mass is 266 g/mol. The summed E-state index contributed by atoms with van der Waals surface area (Å²) < 4.78 is 0. The topological polar surface area (TPSA) is 21.8 Å². The maximum atomic E-state index is 3.83. The van der Waals surface area contributed by atoms with Gasteiger partial charge in [0.15, 0.2) is 0 Å². The third kappa shape index (κ3) is 3.69. The van der Waals surface area contributed by atoms with E-state index in [-0.39, 0.29) is 0 Å². The van der Waals surface area contributed by atoms with Crippen LogP contribution in [0.2, 0.25) is 0 Å². The molecule has 0 saturated carbocycles. The van der Waals surface area contributed by atoms with E-state index in [9.17, 15) is 0 Å². The van der Waals surface area contributed by atoms with Crippen LogP contribution < -0.4 is 5.32 Å². The van der Waals surface area contributed by atoms with Crippen molar-refractivity contribution in [1.29, 1.82) is 0 Å². The van der Waals surface area contributed by atoms with Crippen molar-refractivity contribution in [3.8, 4) is 0 Å². The summed E-state index contributed by atoms with van der Waals surface area (Å²) in [5, 5.41) is 3.83. The minimum atomic E-state index is 0.811. The van der Waals surface area contributed by atoms with Crippen molar-refractivity contribution < 1.29 is 0 Å². The molecule has 110 valence electrons. The number of piperidine rings is 1. The number of piperazine rings is 1. The Morgan fingerprint density at radius 2 is 1.79 bits per heavy atom. The normalized spacial score (nSPS) is 36.8. The predicted molar refractivity (Wildman–Crippen MR) is 79.5 cm³/mol. The van der Waals surface area contributed by atoms with Crippen LogP contribution in [-0.4, -0.2) is 86.7 Å². The molecule has 3 unspecified atom stereocenters. The fourth-order valence-corrected chi connectivity index (χ4v) is 3.88. The van der Waals surface area contributed by atoms with Gasteiger partial charge in [-0.25, -0.2) is 0 Å². The molecule has 4 heteroatoms. The lowest BCUT2D eigenvalue weighted by atomic mass is 9.94. The molecule has 3 rings (SSSR count). The molecule has 1 N–H and O–H groups in total. The van der Waals surface area contributed by atoms with E-state index in [1.165, 1.54) is 78.2 Å². The van der Waals surface area contributed by atoms with Crippen molar-refractivity contribution in [2.75, 3.05) is 66.0 Å². The van der Waals surface area contributed by atoms with Crippen molar-refractivity contribution in [3.05, 3.63) is 0 Å². The van der Waals surface area contributed by atoms with Crippen molar-refractivity contribution in [3.63, 3.8) is 0 Å². The molecule has 3 atom stereocenters. The summed E-state index contributed by atoms with van der Waals surface area (Å²) in [6.45, 7) is 11.5. The second-order valence-corrected chi connectivity index (χ2v) is 6.70. The van der Waals surface area contributed by atoms with E-state index >= 15 is 0 Å². The molecule has 0 aromatic rings. The number of nitrogens with zero attached hydrogens (tertiary/aromatic N) is 3. The van der Waals surface area contributed by atoms with E-state index in [0.29, 0.717) is 0 Å². The van der Waals surface area contributed by atoms with Crippen LogP contribution in [0.15, 0.2) is 0 Å². The molecule has 0 amide bonds. The number of nitrogens with one attached hydrogen (secondary N) is 1. The van der Waals surface area contributed by atoms with Gasteiger partial charge < -0.3 is 20.0 Å². The van der Waals surface area contributed by atoms with E-state index in [4.69, 9.17) is 0 Å². The van der Waals surface area contributed by atoms with Crippen LogP contribution in [0.1, 0.15) is 19.3 Å². The van der Waals surface area contributed by atoms with E-state index in [1.807, 2.05) is 0 Å². The Labute approximate surface area is 118 Å². The highest BCUT2D eigenvalue weighted by atomic mass is 15.2.